The third kappa shape index (κ3) is 1.62. The molecule has 1 aromatic heterocycles. The Morgan fingerprint density at radius 1 is 1.41 bits per heavy atom. The summed E-state index contributed by atoms with van der Waals surface area (Å²) in [6.07, 6.45) is 10.6. The van der Waals surface area contributed by atoms with Crippen LogP contribution in [0.1, 0.15) is 21.7 Å². The molecule has 1 heterocycles. The predicted molar refractivity (Wildman–Crippen MR) is 63.3 cm³/mol. The molecule has 1 N–H and O–H groups in total. The summed E-state index contributed by atoms with van der Waals surface area (Å²) in [6.45, 7) is 0. The van der Waals surface area contributed by atoms with Crippen molar-refractivity contribution < 1.29 is 9.53 Å². The van der Waals surface area contributed by atoms with Crippen LogP contribution in [0.25, 0.3) is 11.0 Å². The number of aromatic amines is 1. The standard InChI is InChI=1S/C13H8N2O2/c1-4-8-6-7-9(13(16)17-3)12-11(8)14-10(5-2)15-12/h1-2,6-7H,3H3,(H,14,15). The van der Waals surface area contributed by atoms with Gasteiger partial charge in [0.05, 0.1) is 23.8 Å². The lowest BCUT2D eigenvalue weighted by molar-refractivity contribution is 0.0603. The monoisotopic (exact) mass is 224 g/mol. The number of benzene rings is 1. The molecule has 82 valence electrons. The number of ether oxygens (including phenoxy) is 1. The number of carbonyl (C=O) groups is 1. The zero-order valence-electron chi connectivity index (χ0n) is 9.07. The van der Waals surface area contributed by atoms with Crippen LogP contribution < -0.4 is 0 Å². The van der Waals surface area contributed by atoms with Gasteiger partial charge in [-0.25, -0.2) is 9.78 Å². The number of hydrogen-bond donors (Lipinski definition) is 1. The number of fused-ring (bicyclic) bond motifs is 1. The predicted octanol–water partition coefficient (Wildman–Crippen LogP) is 1.31. The van der Waals surface area contributed by atoms with Crippen molar-refractivity contribution in [3.63, 3.8) is 0 Å². The van der Waals surface area contributed by atoms with Gasteiger partial charge in [-0.2, -0.15) is 0 Å². The minimum Gasteiger partial charge on any atom is -0.465 e. The van der Waals surface area contributed by atoms with Crippen molar-refractivity contribution in [2.45, 2.75) is 0 Å². The van der Waals surface area contributed by atoms with Gasteiger partial charge in [0.1, 0.15) is 5.52 Å². The van der Waals surface area contributed by atoms with Crippen LogP contribution in [0.3, 0.4) is 0 Å². The normalized spacial score (nSPS) is 9.59. The number of methoxy groups -OCH3 is 1. The molecule has 0 amide bonds. The molecule has 0 atom stereocenters. The number of aromatic nitrogens is 2. The second kappa shape index (κ2) is 4.03. The second-order valence-corrected chi connectivity index (χ2v) is 3.25. The van der Waals surface area contributed by atoms with E-state index in [-0.39, 0.29) is 0 Å². The number of imidazole rings is 1. The van der Waals surface area contributed by atoms with E-state index in [9.17, 15) is 4.79 Å². The summed E-state index contributed by atoms with van der Waals surface area (Å²) in [5.41, 5.74) is 1.93. The molecule has 2 rings (SSSR count). The van der Waals surface area contributed by atoms with Crippen LogP contribution in [0.5, 0.6) is 0 Å². The molecule has 4 heteroatoms. The Labute approximate surface area is 98.0 Å². The highest BCUT2D eigenvalue weighted by molar-refractivity contribution is 6.03. The number of nitrogens with one attached hydrogen (secondary N) is 1. The highest BCUT2D eigenvalue weighted by Crippen LogP contribution is 2.21. The average Bonchev–Trinajstić information content (AvgIpc) is 2.80. The van der Waals surface area contributed by atoms with Gasteiger partial charge in [-0.1, -0.05) is 5.92 Å². The Balaban J connectivity index is 2.82. The Bertz CT molecular complexity index is 684. The lowest BCUT2D eigenvalue weighted by Crippen LogP contribution is -2.02. The Hall–Kier alpha value is -2.72. The van der Waals surface area contributed by atoms with Crippen LogP contribution in [-0.2, 0) is 4.74 Å². The van der Waals surface area contributed by atoms with Gasteiger partial charge >= 0.3 is 5.97 Å². The van der Waals surface area contributed by atoms with E-state index in [1.807, 2.05) is 0 Å². The smallest absolute Gasteiger partial charge is 0.340 e. The zero-order valence-corrected chi connectivity index (χ0v) is 9.07. The van der Waals surface area contributed by atoms with Gasteiger partial charge < -0.3 is 9.72 Å². The molecule has 2 aromatic rings. The first-order valence-corrected chi connectivity index (χ1v) is 4.75. The lowest BCUT2D eigenvalue weighted by atomic mass is 10.1. The molecule has 0 fully saturated rings. The van der Waals surface area contributed by atoms with E-state index in [0.717, 1.165) is 0 Å². The van der Waals surface area contributed by atoms with Crippen molar-refractivity contribution in [2.24, 2.45) is 0 Å². The van der Waals surface area contributed by atoms with Crippen LogP contribution in [0, 0.1) is 24.7 Å². The SMILES string of the molecule is C#Cc1nc2c(C#C)ccc(C(=O)OC)c2[nH]1. The van der Waals surface area contributed by atoms with Crippen molar-refractivity contribution in [1.82, 2.24) is 9.97 Å². The zero-order chi connectivity index (χ0) is 12.4. The number of terminal acetylenes is 2. The van der Waals surface area contributed by atoms with Crippen LogP contribution in [-0.4, -0.2) is 23.0 Å². The summed E-state index contributed by atoms with van der Waals surface area (Å²) >= 11 is 0. The van der Waals surface area contributed by atoms with Crippen LogP contribution in [0.4, 0.5) is 0 Å². The number of hydrogen-bond acceptors (Lipinski definition) is 3. The molecule has 0 saturated carbocycles. The molecule has 0 bridgehead atoms. The van der Waals surface area contributed by atoms with E-state index in [2.05, 4.69) is 26.5 Å². The number of carbonyl (C=O) groups excluding carboxylic acids is 1. The van der Waals surface area contributed by atoms with Crippen molar-refractivity contribution >= 4 is 17.0 Å². The molecule has 0 radical (unpaired) electrons. The Kier molecular flexibility index (Phi) is 2.56. The summed E-state index contributed by atoms with van der Waals surface area (Å²) in [4.78, 5) is 18.5. The van der Waals surface area contributed by atoms with Crippen molar-refractivity contribution in [3.05, 3.63) is 29.1 Å². The first-order chi connectivity index (χ1) is 8.21. The molecular weight excluding hydrogens is 216 g/mol. The van der Waals surface area contributed by atoms with Gasteiger partial charge in [0.25, 0.3) is 0 Å². The molecule has 17 heavy (non-hydrogen) atoms. The Morgan fingerprint density at radius 3 is 2.76 bits per heavy atom. The molecule has 0 unspecified atom stereocenters. The maximum absolute atomic E-state index is 11.6. The maximum atomic E-state index is 11.6. The third-order valence-electron chi connectivity index (χ3n) is 2.34. The van der Waals surface area contributed by atoms with E-state index >= 15 is 0 Å². The first-order valence-electron chi connectivity index (χ1n) is 4.75. The van der Waals surface area contributed by atoms with Gasteiger partial charge in [-0.3, -0.25) is 0 Å². The summed E-state index contributed by atoms with van der Waals surface area (Å²) < 4.78 is 4.67. The quantitative estimate of drug-likeness (QED) is 0.587. The van der Waals surface area contributed by atoms with Gasteiger partial charge in [0, 0.05) is 0 Å². The molecule has 0 aliphatic rings. The maximum Gasteiger partial charge on any atom is 0.340 e. The fraction of sp³-hybridized carbons (Fsp3) is 0.0769. The Morgan fingerprint density at radius 2 is 2.18 bits per heavy atom. The van der Waals surface area contributed by atoms with Gasteiger partial charge in [-0.05, 0) is 18.1 Å². The molecule has 0 spiro atoms. The third-order valence-corrected chi connectivity index (χ3v) is 2.34. The van der Waals surface area contributed by atoms with Gasteiger partial charge in [0.15, 0.2) is 5.82 Å². The van der Waals surface area contributed by atoms with E-state index in [4.69, 9.17) is 12.8 Å². The lowest BCUT2D eigenvalue weighted by Gasteiger charge is -2.01. The van der Waals surface area contributed by atoms with Crippen LogP contribution in [0.15, 0.2) is 12.1 Å². The van der Waals surface area contributed by atoms with Crippen LogP contribution >= 0.6 is 0 Å². The largest absolute Gasteiger partial charge is 0.465 e. The number of esters is 1. The summed E-state index contributed by atoms with van der Waals surface area (Å²) in [6, 6.07) is 3.22. The number of H-pyrrole nitrogens is 1. The van der Waals surface area contributed by atoms with Crippen molar-refractivity contribution in [3.8, 4) is 24.7 Å². The number of nitrogens with zero attached hydrogens (tertiary/aromatic N) is 1. The second-order valence-electron chi connectivity index (χ2n) is 3.25. The van der Waals surface area contributed by atoms with E-state index in [1.54, 1.807) is 12.1 Å². The molecule has 4 nitrogen and oxygen atoms in total. The van der Waals surface area contributed by atoms with Gasteiger partial charge in [0.2, 0.25) is 0 Å². The molecule has 0 saturated heterocycles. The molecular formula is C13H8N2O2. The fourth-order valence-corrected chi connectivity index (χ4v) is 1.56. The summed E-state index contributed by atoms with van der Waals surface area (Å²) in [5, 5.41) is 0. The topological polar surface area (TPSA) is 55.0 Å². The van der Waals surface area contributed by atoms with E-state index in [0.29, 0.717) is 28.0 Å². The summed E-state index contributed by atoms with van der Waals surface area (Å²) in [7, 11) is 1.31. The highest BCUT2D eigenvalue weighted by atomic mass is 16.5. The van der Waals surface area contributed by atoms with E-state index < -0.39 is 5.97 Å². The van der Waals surface area contributed by atoms with Gasteiger partial charge in [-0.15, -0.1) is 12.8 Å². The minimum absolute atomic E-state index is 0.327. The molecule has 0 aliphatic heterocycles. The van der Waals surface area contributed by atoms with Crippen LogP contribution in [0.2, 0.25) is 0 Å². The van der Waals surface area contributed by atoms with Crippen molar-refractivity contribution in [1.29, 1.82) is 0 Å². The van der Waals surface area contributed by atoms with Crippen molar-refractivity contribution in [2.75, 3.05) is 7.11 Å². The highest BCUT2D eigenvalue weighted by Gasteiger charge is 2.15. The molecule has 0 aliphatic carbocycles. The van der Waals surface area contributed by atoms with E-state index in [1.165, 1.54) is 7.11 Å². The fourth-order valence-electron chi connectivity index (χ4n) is 1.56. The average molecular weight is 224 g/mol. The number of rotatable bonds is 1. The minimum atomic E-state index is -0.467. The molecule has 1 aromatic carbocycles. The summed E-state index contributed by atoms with van der Waals surface area (Å²) in [5.74, 6) is 4.71. The first kappa shape index (κ1) is 10.8.